The summed E-state index contributed by atoms with van der Waals surface area (Å²) in [6.45, 7) is 5.69. The van der Waals surface area contributed by atoms with Crippen LogP contribution < -0.4 is 4.90 Å². The van der Waals surface area contributed by atoms with E-state index in [-0.39, 0.29) is 0 Å². The number of aromatic nitrogens is 2. The van der Waals surface area contributed by atoms with E-state index in [0.29, 0.717) is 12.1 Å². The van der Waals surface area contributed by atoms with Gasteiger partial charge in [-0.2, -0.15) is 4.98 Å². The minimum absolute atomic E-state index is 0.314. The van der Waals surface area contributed by atoms with Crippen LogP contribution in [0.15, 0.2) is 47.0 Å². The molecule has 5 nitrogen and oxygen atoms in total. The van der Waals surface area contributed by atoms with Gasteiger partial charge in [-0.05, 0) is 31.2 Å². The quantitative estimate of drug-likeness (QED) is 0.728. The molecule has 1 fully saturated rings. The first kappa shape index (κ1) is 15.4. The molecule has 1 atom stereocenters. The van der Waals surface area contributed by atoms with Crippen LogP contribution in [-0.2, 0) is 6.54 Å². The lowest BCUT2D eigenvalue weighted by Crippen LogP contribution is -2.51. The maximum atomic E-state index is 6.22. The zero-order valence-electron chi connectivity index (χ0n) is 13.5. The summed E-state index contributed by atoms with van der Waals surface area (Å²) in [5.74, 6) is 0. The number of oxazole rings is 1. The molecule has 1 aromatic carbocycles. The third kappa shape index (κ3) is 2.97. The van der Waals surface area contributed by atoms with Gasteiger partial charge in [-0.15, -0.1) is 0 Å². The number of piperazine rings is 1. The number of hydrogen-bond donors (Lipinski definition) is 0. The molecule has 0 radical (unpaired) electrons. The molecule has 124 valence electrons. The van der Waals surface area contributed by atoms with Crippen molar-refractivity contribution in [2.75, 3.05) is 24.5 Å². The maximum absolute atomic E-state index is 6.22. The molecule has 1 unspecified atom stereocenters. The van der Waals surface area contributed by atoms with Crippen LogP contribution >= 0.6 is 11.6 Å². The van der Waals surface area contributed by atoms with Gasteiger partial charge in [-0.3, -0.25) is 9.88 Å². The van der Waals surface area contributed by atoms with E-state index < -0.39 is 0 Å². The molecule has 24 heavy (non-hydrogen) atoms. The van der Waals surface area contributed by atoms with Crippen LogP contribution in [0.5, 0.6) is 0 Å². The molecule has 0 aliphatic carbocycles. The van der Waals surface area contributed by atoms with Gasteiger partial charge in [0.25, 0.3) is 6.01 Å². The van der Waals surface area contributed by atoms with E-state index in [2.05, 4.69) is 26.7 Å². The number of pyridine rings is 1. The minimum atomic E-state index is 0.314. The van der Waals surface area contributed by atoms with Crippen LogP contribution in [-0.4, -0.2) is 40.5 Å². The number of rotatable bonds is 3. The molecule has 0 bridgehead atoms. The number of benzene rings is 1. The fourth-order valence-corrected chi connectivity index (χ4v) is 3.37. The van der Waals surface area contributed by atoms with Crippen LogP contribution in [0.4, 0.5) is 6.01 Å². The first-order valence-corrected chi connectivity index (χ1v) is 8.52. The third-order valence-corrected chi connectivity index (χ3v) is 4.79. The molecule has 4 rings (SSSR count). The van der Waals surface area contributed by atoms with Crippen LogP contribution in [0.25, 0.3) is 11.1 Å². The normalized spacial score (nSPS) is 19.1. The molecular formula is C18H19ClN4O. The topological polar surface area (TPSA) is 45.4 Å². The molecule has 6 heteroatoms. The molecule has 1 saturated heterocycles. The summed E-state index contributed by atoms with van der Waals surface area (Å²) in [7, 11) is 0. The lowest BCUT2D eigenvalue weighted by molar-refractivity contribution is 0.214. The predicted molar refractivity (Wildman–Crippen MR) is 95.3 cm³/mol. The fraction of sp³-hybridized carbons (Fsp3) is 0.333. The van der Waals surface area contributed by atoms with Gasteiger partial charge in [0.05, 0.1) is 10.7 Å². The third-order valence-electron chi connectivity index (χ3n) is 4.45. The summed E-state index contributed by atoms with van der Waals surface area (Å²) in [5.41, 5.74) is 2.67. The van der Waals surface area contributed by atoms with Gasteiger partial charge in [0, 0.05) is 38.4 Å². The van der Waals surface area contributed by atoms with Crippen molar-refractivity contribution in [2.45, 2.75) is 19.5 Å². The number of halogens is 1. The van der Waals surface area contributed by atoms with E-state index in [1.54, 1.807) is 6.20 Å². The van der Waals surface area contributed by atoms with Crippen molar-refractivity contribution < 1.29 is 4.42 Å². The van der Waals surface area contributed by atoms with E-state index in [1.807, 2.05) is 36.4 Å². The molecule has 1 aliphatic heterocycles. The van der Waals surface area contributed by atoms with Gasteiger partial charge in [0.1, 0.15) is 5.52 Å². The lowest BCUT2D eigenvalue weighted by atomic mass is 10.2. The fourth-order valence-electron chi connectivity index (χ4n) is 3.19. The van der Waals surface area contributed by atoms with Crippen LogP contribution in [0, 0.1) is 0 Å². The second-order valence-corrected chi connectivity index (χ2v) is 6.58. The Morgan fingerprint density at radius 1 is 1.21 bits per heavy atom. The molecule has 0 N–H and O–H groups in total. The van der Waals surface area contributed by atoms with Gasteiger partial charge in [0.2, 0.25) is 0 Å². The van der Waals surface area contributed by atoms with E-state index in [0.717, 1.165) is 48.0 Å². The number of para-hydroxylation sites is 2. The second kappa shape index (κ2) is 6.42. The van der Waals surface area contributed by atoms with Gasteiger partial charge in [-0.1, -0.05) is 23.7 Å². The number of hydrogen-bond acceptors (Lipinski definition) is 5. The Bertz CT molecular complexity index is 817. The highest BCUT2D eigenvalue weighted by Crippen LogP contribution is 2.25. The Kier molecular flexibility index (Phi) is 4.12. The van der Waals surface area contributed by atoms with Crippen molar-refractivity contribution in [1.82, 2.24) is 14.9 Å². The molecule has 0 amide bonds. The monoisotopic (exact) mass is 342 g/mol. The van der Waals surface area contributed by atoms with E-state index >= 15 is 0 Å². The lowest BCUT2D eigenvalue weighted by Gasteiger charge is -2.38. The van der Waals surface area contributed by atoms with Gasteiger partial charge in [0.15, 0.2) is 5.58 Å². The maximum Gasteiger partial charge on any atom is 0.298 e. The van der Waals surface area contributed by atoms with Crippen LogP contribution in [0.1, 0.15) is 12.6 Å². The van der Waals surface area contributed by atoms with Gasteiger partial charge < -0.3 is 9.32 Å². The summed E-state index contributed by atoms with van der Waals surface area (Å²) in [4.78, 5) is 13.6. The molecule has 3 aromatic rings. The largest absolute Gasteiger partial charge is 0.423 e. The summed E-state index contributed by atoms with van der Waals surface area (Å²) in [6, 6.07) is 12.7. The predicted octanol–water partition coefficient (Wildman–Crippen LogP) is 3.59. The van der Waals surface area contributed by atoms with E-state index in [9.17, 15) is 0 Å². The minimum Gasteiger partial charge on any atom is -0.423 e. The number of fused-ring (bicyclic) bond motifs is 1. The summed E-state index contributed by atoms with van der Waals surface area (Å²) < 4.78 is 5.91. The Balaban J connectivity index is 1.47. The molecule has 0 spiro atoms. The average molecular weight is 343 g/mol. The van der Waals surface area contributed by atoms with Crippen molar-refractivity contribution >= 4 is 28.7 Å². The SMILES string of the molecule is CC1CN(Cc2ncccc2Cl)CCN1c1nc2ccccc2o1. The Labute approximate surface area is 145 Å². The highest BCUT2D eigenvalue weighted by atomic mass is 35.5. The number of nitrogens with zero attached hydrogens (tertiary/aromatic N) is 4. The number of anilines is 1. The highest BCUT2D eigenvalue weighted by Gasteiger charge is 2.27. The summed E-state index contributed by atoms with van der Waals surface area (Å²) >= 11 is 6.22. The van der Waals surface area contributed by atoms with Crippen LogP contribution in [0.2, 0.25) is 5.02 Å². The van der Waals surface area contributed by atoms with E-state index in [1.165, 1.54) is 0 Å². The van der Waals surface area contributed by atoms with Gasteiger partial charge >= 0.3 is 0 Å². The highest BCUT2D eigenvalue weighted by molar-refractivity contribution is 6.31. The second-order valence-electron chi connectivity index (χ2n) is 6.17. The standard InChI is InChI=1S/C18H19ClN4O/c1-13-11-22(12-16-14(19)5-4-8-20-16)9-10-23(13)18-21-15-6-2-3-7-17(15)24-18/h2-8,13H,9-12H2,1H3. The average Bonchev–Trinajstić information content (AvgIpc) is 3.01. The smallest absolute Gasteiger partial charge is 0.298 e. The van der Waals surface area contributed by atoms with Crippen molar-refractivity contribution in [3.8, 4) is 0 Å². The first-order chi connectivity index (χ1) is 11.7. The summed E-state index contributed by atoms with van der Waals surface area (Å²) in [6.07, 6.45) is 1.79. The Hall–Kier alpha value is -2.11. The van der Waals surface area contributed by atoms with Crippen molar-refractivity contribution in [3.05, 3.63) is 53.3 Å². The van der Waals surface area contributed by atoms with Crippen LogP contribution in [0.3, 0.4) is 0 Å². The Morgan fingerprint density at radius 2 is 2.08 bits per heavy atom. The van der Waals surface area contributed by atoms with Gasteiger partial charge in [-0.25, -0.2) is 0 Å². The Morgan fingerprint density at radius 3 is 2.88 bits per heavy atom. The molecular weight excluding hydrogens is 324 g/mol. The summed E-state index contributed by atoms with van der Waals surface area (Å²) in [5, 5.41) is 0.728. The van der Waals surface area contributed by atoms with Crippen molar-refractivity contribution in [2.24, 2.45) is 0 Å². The van der Waals surface area contributed by atoms with E-state index in [4.69, 9.17) is 16.0 Å². The molecule has 1 aliphatic rings. The zero-order chi connectivity index (χ0) is 16.5. The first-order valence-electron chi connectivity index (χ1n) is 8.14. The molecule has 3 heterocycles. The molecule has 0 saturated carbocycles. The molecule has 2 aromatic heterocycles. The van der Waals surface area contributed by atoms with Crippen molar-refractivity contribution in [3.63, 3.8) is 0 Å². The zero-order valence-corrected chi connectivity index (χ0v) is 14.3. The van der Waals surface area contributed by atoms with Crippen molar-refractivity contribution in [1.29, 1.82) is 0 Å².